The molecule has 0 aliphatic carbocycles. The topological polar surface area (TPSA) is 45.5 Å². The van der Waals surface area contributed by atoms with Crippen molar-refractivity contribution in [1.29, 1.82) is 0 Å². The van der Waals surface area contributed by atoms with Crippen LogP contribution in [0.5, 0.6) is 0 Å². The maximum Gasteiger partial charge on any atom is 0.234 e. The number of aromatic nitrogens is 3. The third-order valence-electron chi connectivity index (χ3n) is 5.75. The molecule has 5 rings (SSSR count). The average Bonchev–Trinajstić information content (AvgIpc) is 3.21. The molecule has 0 amide bonds. The van der Waals surface area contributed by atoms with Crippen LogP contribution in [0.3, 0.4) is 0 Å². The van der Waals surface area contributed by atoms with Crippen LogP contribution < -0.4 is 5.32 Å². The number of fused-ring (bicyclic) bond motifs is 3. The van der Waals surface area contributed by atoms with Crippen LogP contribution in [0.15, 0.2) is 42.7 Å². The first-order valence-electron chi connectivity index (χ1n) is 9.28. The Labute approximate surface area is 182 Å². The monoisotopic (exact) mass is 439 g/mol. The molecule has 2 saturated heterocycles. The normalized spacial score (nSPS) is 22.5. The molecular weight excluding hydrogens is 417 g/mol. The minimum Gasteiger partial charge on any atom is -0.309 e. The van der Waals surface area contributed by atoms with Crippen LogP contribution >= 0.6 is 36.4 Å². The second-order valence-electron chi connectivity index (χ2n) is 7.41. The standard InChI is InChI=1S/C20H22ClN5.2ClH/c1-13(25-11-16-7-8-17(12-25)23-16)19-18(14-3-5-15(21)6-4-14)24-20-22-9-2-10-26(19)20;;/h2-6,9-10,13,16-17,23H,7-8,11-12H2,1H3;2*1H. The van der Waals surface area contributed by atoms with Gasteiger partial charge in [0.25, 0.3) is 0 Å². The van der Waals surface area contributed by atoms with Crippen molar-refractivity contribution in [3.05, 3.63) is 53.4 Å². The molecule has 3 aromatic rings. The lowest BCUT2D eigenvalue weighted by atomic mass is 10.0. The Hall–Kier alpha value is -1.37. The first kappa shape index (κ1) is 21.3. The first-order valence-corrected chi connectivity index (χ1v) is 9.66. The molecule has 2 bridgehead atoms. The van der Waals surface area contributed by atoms with Gasteiger partial charge in [0.2, 0.25) is 5.78 Å². The number of rotatable bonds is 3. The van der Waals surface area contributed by atoms with E-state index in [0.29, 0.717) is 12.1 Å². The van der Waals surface area contributed by atoms with Crippen LogP contribution in [0.2, 0.25) is 5.02 Å². The zero-order valence-electron chi connectivity index (χ0n) is 15.6. The minimum atomic E-state index is 0. The number of likely N-dealkylation sites (tertiary alicyclic amines) is 1. The van der Waals surface area contributed by atoms with E-state index in [0.717, 1.165) is 35.1 Å². The Bertz CT molecular complexity index is 931. The molecule has 28 heavy (non-hydrogen) atoms. The Kier molecular flexibility index (Phi) is 6.52. The number of nitrogens with zero attached hydrogens (tertiary/aromatic N) is 4. The van der Waals surface area contributed by atoms with Gasteiger partial charge in [0.05, 0.1) is 11.4 Å². The highest BCUT2D eigenvalue weighted by Crippen LogP contribution is 2.34. The Morgan fingerprint density at radius 3 is 2.46 bits per heavy atom. The highest BCUT2D eigenvalue weighted by Gasteiger charge is 2.36. The predicted molar refractivity (Wildman–Crippen MR) is 118 cm³/mol. The average molecular weight is 441 g/mol. The van der Waals surface area contributed by atoms with Crippen molar-refractivity contribution >= 4 is 42.2 Å². The fraction of sp³-hybridized carbons (Fsp3) is 0.400. The third kappa shape index (κ3) is 3.74. The molecule has 150 valence electrons. The van der Waals surface area contributed by atoms with Crippen LogP contribution in [-0.4, -0.2) is 44.4 Å². The largest absolute Gasteiger partial charge is 0.309 e. The molecule has 2 fully saturated rings. The molecule has 2 aromatic heterocycles. The third-order valence-corrected chi connectivity index (χ3v) is 6.00. The molecule has 3 atom stereocenters. The summed E-state index contributed by atoms with van der Waals surface area (Å²) in [7, 11) is 0. The lowest BCUT2D eigenvalue weighted by Gasteiger charge is -2.37. The molecule has 1 aromatic carbocycles. The van der Waals surface area contributed by atoms with Gasteiger partial charge < -0.3 is 5.32 Å². The van der Waals surface area contributed by atoms with Gasteiger partial charge in [0, 0.05) is 54.2 Å². The molecule has 2 aliphatic heterocycles. The van der Waals surface area contributed by atoms with Crippen molar-refractivity contribution in [2.24, 2.45) is 0 Å². The summed E-state index contributed by atoms with van der Waals surface area (Å²) >= 11 is 6.09. The summed E-state index contributed by atoms with van der Waals surface area (Å²) in [6.45, 7) is 4.47. The lowest BCUT2D eigenvalue weighted by molar-refractivity contribution is 0.147. The molecular formula is C20H24Cl3N5. The van der Waals surface area contributed by atoms with E-state index in [-0.39, 0.29) is 30.9 Å². The number of imidazole rings is 1. The van der Waals surface area contributed by atoms with E-state index in [1.807, 2.05) is 30.3 Å². The zero-order valence-corrected chi connectivity index (χ0v) is 18.0. The fourth-order valence-corrected chi connectivity index (χ4v) is 4.57. The molecule has 2 aliphatic rings. The fourth-order valence-electron chi connectivity index (χ4n) is 4.44. The van der Waals surface area contributed by atoms with E-state index < -0.39 is 0 Å². The van der Waals surface area contributed by atoms with Gasteiger partial charge in [-0.1, -0.05) is 23.7 Å². The van der Waals surface area contributed by atoms with Crippen molar-refractivity contribution in [1.82, 2.24) is 24.6 Å². The molecule has 0 saturated carbocycles. The van der Waals surface area contributed by atoms with Gasteiger partial charge in [-0.3, -0.25) is 9.30 Å². The number of piperazine rings is 1. The van der Waals surface area contributed by atoms with Gasteiger partial charge in [-0.2, -0.15) is 0 Å². The second-order valence-corrected chi connectivity index (χ2v) is 7.85. The maximum absolute atomic E-state index is 6.09. The van der Waals surface area contributed by atoms with Gasteiger partial charge >= 0.3 is 0 Å². The van der Waals surface area contributed by atoms with Crippen LogP contribution in [0, 0.1) is 0 Å². The van der Waals surface area contributed by atoms with Gasteiger partial charge in [0.1, 0.15) is 0 Å². The Morgan fingerprint density at radius 1 is 1.11 bits per heavy atom. The highest BCUT2D eigenvalue weighted by atomic mass is 35.5. The van der Waals surface area contributed by atoms with Gasteiger partial charge in [-0.05, 0) is 38.0 Å². The van der Waals surface area contributed by atoms with Crippen LogP contribution in [0.25, 0.3) is 17.0 Å². The van der Waals surface area contributed by atoms with E-state index in [4.69, 9.17) is 16.6 Å². The number of halogens is 3. The van der Waals surface area contributed by atoms with E-state index in [2.05, 4.69) is 32.7 Å². The van der Waals surface area contributed by atoms with Crippen LogP contribution in [-0.2, 0) is 0 Å². The summed E-state index contributed by atoms with van der Waals surface area (Å²) in [5, 5.41) is 4.46. The second kappa shape index (κ2) is 8.56. The quantitative estimate of drug-likeness (QED) is 0.656. The van der Waals surface area contributed by atoms with Crippen molar-refractivity contribution in [3.63, 3.8) is 0 Å². The summed E-state index contributed by atoms with van der Waals surface area (Å²) < 4.78 is 2.14. The molecule has 3 unspecified atom stereocenters. The maximum atomic E-state index is 6.09. The molecule has 0 spiro atoms. The van der Waals surface area contributed by atoms with Gasteiger partial charge in [0.15, 0.2) is 0 Å². The van der Waals surface area contributed by atoms with Crippen molar-refractivity contribution in [3.8, 4) is 11.3 Å². The molecule has 0 radical (unpaired) electrons. The molecule has 4 heterocycles. The van der Waals surface area contributed by atoms with Gasteiger partial charge in [-0.15, -0.1) is 24.8 Å². The number of benzene rings is 1. The minimum absolute atomic E-state index is 0. The number of nitrogens with one attached hydrogen (secondary N) is 1. The SMILES string of the molecule is CC(c1c(-c2ccc(Cl)cc2)nc2ncccn12)N1CC2CCC(C1)N2.Cl.Cl. The first-order chi connectivity index (χ1) is 12.7. The zero-order chi connectivity index (χ0) is 17.7. The summed E-state index contributed by atoms with van der Waals surface area (Å²) in [4.78, 5) is 11.9. The molecule has 8 heteroatoms. The molecule has 1 N–H and O–H groups in total. The predicted octanol–water partition coefficient (Wildman–Crippen LogP) is 4.39. The van der Waals surface area contributed by atoms with Gasteiger partial charge in [-0.25, -0.2) is 9.97 Å². The lowest BCUT2D eigenvalue weighted by Crippen LogP contribution is -2.51. The summed E-state index contributed by atoms with van der Waals surface area (Å²) in [5.74, 6) is 0.748. The Morgan fingerprint density at radius 2 is 1.79 bits per heavy atom. The summed E-state index contributed by atoms with van der Waals surface area (Å²) in [6.07, 6.45) is 6.43. The Balaban J connectivity index is 0.00000112. The number of hydrogen-bond donors (Lipinski definition) is 1. The van der Waals surface area contributed by atoms with Crippen LogP contribution in [0.4, 0.5) is 0 Å². The smallest absolute Gasteiger partial charge is 0.234 e. The van der Waals surface area contributed by atoms with E-state index >= 15 is 0 Å². The van der Waals surface area contributed by atoms with E-state index in [1.165, 1.54) is 18.5 Å². The van der Waals surface area contributed by atoms with Crippen LogP contribution in [0.1, 0.15) is 31.5 Å². The highest BCUT2D eigenvalue weighted by molar-refractivity contribution is 6.30. The summed E-state index contributed by atoms with van der Waals surface area (Å²) in [6, 6.07) is 11.4. The molecule has 5 nitrogen and oxygen atoms in total. The van der Waals surface area contributed by atoms with Crippen molar-refractivity contribution in [2.75, 3.05) is 13.1 Å². The van der Waals surface area contributed by atoms with E-state index in [9.17, 15) is 0 Å². The van der Waals surface area contributed by atoms with Crippen molar-refractivity contribution < 1.29 is 0 Å². The number of hydrogen-bond acceptors (Lipinski definition) is 4. The van der Waals surface area contributed by atoms with E-state index in [1.54, 1.807) is 6.20 Å². The summed E-state index contributed by atoms with van der Waals surface area (Å²) in [5.41, 5.74) is 3.29. The van der Waals surface area contributed by atoms with Crippen molar-refractivity contribution in [2.45, 2.75) is 37.9 Å².